The molecule has 0 unspecified atom stereocenters. The van der Waals surface area contributed by atoms with Gasteiger partial charge in [-0.1, -0.05) is 146 Å². The number of quaternary nitrogens is 2. The van der Waals surface area contributed by atoms with Crippen molar-refractivity contribution < 1.29 is 35.8 Å². The van der Waals surface area contributed by atoms with E-state index in [4.69, 9.17) is 5.11 Å². The van der Waals surface area contributed by atoms with E-state index in [0.717, 1.165) is 43.8 Å². The summed E-state index contributed by atoms with van der Waals surface area (Å²) in [6, 6.07) is 46.6. The SMILES string of the molecule is O=C(O)Cc1cccc2ccccc12.[NH3+][C@@H](Cc1ccccc1)C(=O)NCCCN(CCCNC(=O)[C@@H]([NH3+])Cc1ccccc1)C(=O)Cc1cccc2ccccc12. The number of nitrogens with zero attached hydrogens (tertiary/aromatic N) is 1. The van der Waals surface area contributed by atoms with Crippen LogP contribution >= 0.6 is 0 Å². The van der Waals surface area contributed by atoms with Crippen LogP contribution in [0.4, 0.5) is 0 Å². The van der Waals surface area contributed by atoms with Gasteiger partial charge in [0, 0.05) is 39.0 Å². The number of fused-ring (bicyclic) bond motifs is 2. The Kier molecular flexibility index (Phi) is 16.5. The van der Waals surface area contributed by atoms with Gasteiger partial charge in [0.15, 0.2) is 12.1 Å². The van der Waals surface area contributed by atoms with Crippen molar-refractivity contribution in [2.24, 2.45) is 0 Å². The summed E-state index contributed by atoms with van der Waals surface area (Å²) in [5.74, 6) is -0.953. The molecule has 6 aromatic rings. The highest BCUT2D eigenvalue weighted by molar-refractivity contribution is 5.90. The van der Waals surface area contributed by atoms with Crippen LogP contribution in [0.25, 0.3) is 21.5 Å². The third kappa shape index (κ3) is 13.4. The van der Waals surface area contributed by atoms with Gasteiger partial charge in [-0.3, -0.25) is 19.2 Å². The highest BCUT2D eigenvalue weighted by atomic mass is 16.4. The Morgan fingerprint density at radius 2 is 0.914 bits per heavy atom. The number of carboxylic acids is 1. The number of amides is 3. The quantitative estimate of drug-likeness (QED) is 0.0814. The van der Waals surface area contributed by atoms with Crippen molar-refractivity contribution in [2.45, 2.75) is 50.6 Å². The molecule has 0 saturated heterocycles. The van der Waals surface area contributed by atoms with Crippen LogP contribution < -0.4 is 22.1 Å². The first kappa shape index (κ1) is 42.8. The van der Waals surface area contributed by atoms with Crippen molar-refractivity contribution in [1.82, 2.24) is 15.5 Å². The van der Waals surface area contributed by atoms with Gasteiger partial charge in [-0.25, -0.2) is 0 Å². The van der Waals surface area contributed by atoms with Crippen molar-refractivity contribution in [3.8, 4) is 0 Å². The predicted molar refractivity (Wildman–Crippen MR) is 228 cm³/mol. The molecule has 0 bridgehead atoms. The minimum Gasteiger partial charge on any atom is -0.481 e. The number of benzene rings is 6. The number of hydrogen-bond donors (Lipinski definition) is 5. The Balaban J connectivity index is 0.000000382. The average molecular weight is 782 g/mol. The summed E-state index contributed by atoms with van der Waals surface area (Å²) in [6.07, 6.45) is 2.77. The van der Waals surface area contributed by atoms with Gasteiger partial charge in [0.1, 0.15) is 0 Å². The Bertz CT molecular complexity index is 2170. The topological polar surface area (TPSA) is 171 Å². The van der Waals surface area contributed by atoms with E-state index in [0.29, 0.717) is 51.9 Å². The molecule has 0 aliphatic heterocycles. The second-order valence-electron chi connectivity index (χ2n) is 14.5. The maximum absolute atomic E-state index is 13.6. The summed E-state index contributed by atoms with van der Waals surface area (Å²) >= 11 is 0. The third-order valence-corrected chi connectivity index (χ3v) is 10.00. The first-order chi connectivity index (χ1) is 28.2. The third-order valence-electron chi connectivity index (χ3n) is 10.00. The molecule has 10 heteroatoms. The van der Waals surface area contributed by atoms with Gasteiger partial charge in [0.05, 0.1) is 12.8 Å². The molecule has 10 nitrogen and oxygen atoms in total. The Morgan fingerprint density at radius 3 is 1.36 bits per heavy atom. The standard InChI is InChI=1S/C36H43N5O3.C12H10O2/c37-32(24-27-12-3-1-4-13-27)35(43)39-20-10-22-41(34(42)26-30-18-9-17-29-16-7-8-19-31(29)30)23-11-21-40-36(44)33(38)25-28-14-5-2-6-15-28;13-12(14)8-10-6-3-5-9-4-1-2-7-11(9)10/h1-9,12-19,32-33H,10-11,20-26,37-38H2,(H,39,43)(H,40,44);1-7H,8H2,(H,13,14)/p+2/t32-,33-;/m0./s1. The molecule has 0 spiro atoms. The van der Waals surface area contributed by atoms with Crippen molar-refractivity contribution in [2.75, 3.05) is 26.2 Å². The van der Waals surface area contributed by atoms with E-state index in [2.05, 4.69) is 22.1 Å². The van der Waals surface area contributed by atoms with Gasteiger partial charge in [-0.05, 0) is 56.6 Å². The molecule has 0 aliphatic carbocycles. The van der Waals surface area contributed by atoms with E-state index in [1.54, 1.807) is 0 Å². The zero-order valence-electron chi connectivity index (χ0n) is 33.0. The van der Waals surface area contributed by atoms with Gasteiger partial charge in [0.25, 0.3) is 11.8 Å². The van der Waals surface area contributed by atoms with Crippen molar-refractivity contribution in [3.63, 3.8) is 0 Å². The smallest absolute Gasteiger partial charge is 0.307 e. The van der Waals surface area contributed by atoms with E-state index >= 15 is 0 Å². The van der Waals surface area contributed by atoms with E-state index in [1.165, 1.54) is 0 Å². The molecule has 0 radical (unpaired) electrons. The average Bonchev–Trinajstić information content (AvgIpc) is 3.24. The molecular formula is C48H55N5O5+2. The largest absolute Gasteiger partial charge is 0.481 e. The van der Waals surface area contributed by atoms with Crippen LogP contribution in [-0.2, 0) is 44.9 Å². The van der Waals surface area contributed by atoms with Gasteiger partial charge < -0.3 is 32.1 Å². The molecule has 300 valence electrons. The highest BCUT2D eigenvalue weighted by Crippen LogP contribution is 2.20. The minimum absolute atomic E-state index is 0.0252. The second-order valence-corrected chi connectivity index (χ2v) is 14.5. The fourth-order valence-electron chi connectivity index (χ4n) is 6.93. The molecule has 0 fully saturated rings. The van der Waals surface area contributed by atoms with Gasteiger partial charge >= 0.3 is 5.97 Å². The highest BCUT2D eigenvalue weighted by Gasteiger charge is 2.20. The van der Waals surface area contributed by atoms with Crippen LogP contribution in [0.2, 0.25) is 0 Å². The van der Waals surface area contributed by atoms with Crippen molar-refractivity contribution >= 4 is 45.2 Å². The van der Waals surface area contributed by atoms with Crippen LogP contribution in [0.3, 0.4) is 0 Å². The van der Waals surface area contributed by atoms with Crippen LogP contribution in [0.1, 0.15) is 35.1 Å². The molecule has 0 aromatic heterocycles. The normalized spacial score (nSPS) is 11.8. The van der Waals surface area contributed by atoms with Crippen LogP contribution in [0.15, 0.2) is 146 Å². The number of carbonyl (C=O) groups is 4. The summed E-state index contributed by atoms with van der Waals surface area (Å²) in [7, 11) is 0. The monoisotopic (exact) mass is 781 g/mol. The fourth-order valence-corrected chi connectivity index (χ4v) is 6.93. The summed E-state index contributed by atoms with van der Waals surface area (Å²) in [5, 5.41) is 19.0. The maximum atomic E-state index is 13.6. The Labute approximate surface area is 340 Å². The molecule has 2 atom stereocenters. The summed E-state index contributed by atoms with van der Waals surface area (Å²) < 4.78 is 0. The lowest BCUT2D eigenvalue weighted by atomic mass is 10.0. The lowest BCUT2D eigenvalue weighted by Gasteiger charge is -2.24. The number of aliphatic carboxylic acids is 1. The molecule has 6 aromatic carbocycles. The lowest BCUT2D eigenvalue weighted by molar-refractivity contribution is -0.403. The summed E-state index contributed by atoms with van der Waals surface area (Å²) in [6.45, 7) is 1.92. The zero-order valence-corrected chi connectivity index (χ0v) is 33.0. The van der Waals surface area contributed by atoms with Crippen LogP contribution in [-0.4, -0.2) is 72.0 Å². The molecule has 0 aliphatic rings. The van der Waals surface area contributed by atoms with Gasteiger partial charge in [-0.2, -0.15) is 0 Å². The van der Waals surface area contributed by atoms with Crippen LogP contribution in [0.5, 0.6) is 0 Å². The number of hydrogen-bond acceptors (Lipinski definition) is 4. The first-order valence-corrected chi connectivity index (χ1v) is 19.9. The molecule has 58 heavy (non-hydrogen) atoms. The molecular weight excluding hydrogens is 727 g/mol. The van der Waals surface area contributed by atoms with E-state index < -0.39 is 5.97 Å². The number of rotatable bonds is 18. The minimum atomic E-state index is -0.790. The van der Waals surface area contributed by atoms with Gasteiger partial charge in [-0.15, -0.1) is 0 Å². The summed E-state index contributed by atoms with van der Waals surface area (Å²) in [5.41, 5.74) is 12.1. The number of carboxylic acid groups (broad SMARTS) is 1. The van der Waals surface area contributed by atoms with E-state index in [1.807, 2.05) is 150 Å². The summed E-state index contributed by atoms with van der Waals surface area (Å²) in [4.78, 5) is 51.3. The molecule has 9 N–H and O–H groups in total. The molecule has 0 heterocycles. The van der Waals surface area contributed by atoms with E-state index in [-0.39, 0.29) is 42.6 Å². The number of carbonyl (C=O) groups excluding carboxylic acids is 3. The second kappa shape index (κ2) is 22.4. The van der Waals surface area contributed by atoms with Gasteiger partial charge in [0.2, 0.25) is 5.91 Å². The van der Waals surface area contributed by atoms with Crippen LogP contribution in [0, 0.1) is 0 Å². The Hall–Kier alpha value is -6.36. The zero-order chi connectivity index (χ0) is 41.1. The van der Waals surface area contributed by atoms with Crippen molar-refractivity contribution in [3.05, 3.63) is 168 Å². The lowest BCUT2D eigenvalue weighted by Crippen LogP contribution is -2.68. The predicted octanol–water partition coefficient (Wildman–Crippen LogP) is 4.40. The number of nitrogens with one attached hydrogen (secondary N) is 2. The molecule has 0 saturated carbocycles. The van der Waals surface area contributed by atoms with Crippen molar-refractivity contribution in [1.29, 1.82) is 0 Å². The first-order valence-electron chi connectivity index (χ1n) is 19.9. The Morgan fingerprint density at radius 1 is 0.517 bits per heavy atom. The fraction of sp³-hybridized carbons (Fsp3) is 0.250. The van der Waals surface area contributed by atoms with E-state index in [9.17, 15) is 19.2 Å². The maximum Gasteiger partial charge on any atom is 0.307 e. The molecule has 3 amide bonds. The molecule has 6 rings (SSSR count).